The third-order valence-corrected chi connectivity index (χ3v) is 3.06. The molecule has 0 aliphatic heterocycles. The van der Waals surface area contributed by atoms with Crippen molar-refractivity contribution >= 4 is 23.2 Å². The van der Waals surface area contributed by atoms with Crippen LogP contribution < -0.4 is 5.73 Å². The van der Waals surface area contributed by atoms with Crippen molar-refractivity contribution in [3.8, 4) is 0 Å². The van der Waals surface area contributed by atoms with Crippen LogP contribution in [-0.2, 0) is 6.42 Å². The van der Waals surface area contributed by atoms with Crippen molar-refractivity contribution in [3.05, 3.63) is 33.8 Å². The van der Waals surface area contributed by atoms with Crippen molar-refractivity contribution in [2.75, 3.05) is 0 Å². The van der Waals surface area contributed by atoms with Crippen molar-refractivity contribution in [1.82, 2.24) is 0 Å². The predicted octanol–water partition coefficient (Wildman–Crippen LogP) is 3.66. The number of rotatable bonds is 4. The second-order valence-electron chi connectivity index (χ2n) is 3.41. The first kappa shape index (κ1) is 11.8. The molecule has 1 atom stereocenters. The van der Waals surface area contributed by atoms with Gasteiger partial charge in [0.2, 0.25) is 0 Å². The van der Waals surface area contributed by atoms with E-state index in [-0.39, 0.29) is 6.04 Å². The average Bonchev–Trinajstić information content (AvgIpc) is 2.16. The van der Waals surface area contributed by atoms with E-state index in [4.69, 9.17) is 28.9 Å². The summed E-state index contributed by atoms with van der Waals surface area (Å²) in [5, 5.41) is 1.47. The quantitative estimate of drug-likeness (QED) is 0.842. The standard InChI is InChI=1S/C11H15Cl2N/c1-2-8(14)6-7-9-10(12)4-3-5-11(9)13/h3-5,8H,2,6-7,14H2,1H3. The molecule has 1 aromatic carbocycles. The van der Waals surface area contributed by atoms with Crippen LogP contribution in [0, 0.1) is 0 Å². The van der Waals surface area contributed by atoms with Crippen LogP contribution in [0.1, 0.15) is 25.3 Å². The Hall–Kier alpha value is -0.240. The van der Waals surface area contributed by atoms with Crippen LogP contribution in [0.2, 0.25) is 10.0 Å². The number of halogens is 2. The van der Waals surface area contributed by atoms with E-state index >= 15 is 0 Å². The first-order valence-corrected chi connectivity index (χ1v) is 5.59. The Morgan fingerprint density at radius 2 is 1.86 bits per heavy atom. The monoisotopic (exact) mass is 231 g/mol. The summed E-state index contributed by atoms with van der Waals surface area (Å²) < 4.78 is 0. The molecule has 0 spiro atoms. The lowest BCUT2D eigenvalue weighted by molar-refractivity contribution is 0.596. The summed E-state index contributed by atoms with van der Waals surface area (Å²) in [5.41, 5.74) is 6.85. The lowest BCUT2D eigenvalue weighted by Gasteiger charge is -2.10. The summed E-state index contributed by atoms with van der Waals surface area (Å²) in [6.07, 6.45) is 2.77. The zero-order chi connectivity index (χ0) is 10.6. The highest BCUT2D eigenvalue weighted by atomic mass is 35.5. The van der Waals surface area contributed by atoms with Gasteiger partial charge >= 0.3 is 0 Å². The molecular formula is C11H15Cl2N. The minimum absolute atomic E-state index is 0.238. The zero-order valence-corrected chi connectivity index (χ0v) is 9.78. The van der Waals surface area contributed by atoms with Crippen molar-refractivity contribution in [1.29, 1.82) is 0 Å². The van der Waals surface area contributed by atoms with E-state index in [9.17, 15) is 0 Å². The third-order valence-electron chi connectivity index (χ3n) is 2.35. The molecule has 0 aromatic heterocycles. The molecule has 1 nitrogen and oxygen atoms in total. The second-order valence-corrected chi connectivity index (χ2v) is 4.22. The van der Waals surface area contributed by atoms with E-state index in [1.165, 1.54) is 0 Å². The highest BCUT2D eigenvalue weighted by molar-refractivity contribution is 6.35. The van der Waals surface area contributed by atoms with Gasteiger partial charge in [0.05, 0.1) is 0 Å². The van der Waals surface area contributed by atoms with Gasteiger partial charge in [-0.3, -0.25) is 0 Å². The summed E-state index contributed by atoms with van der Waals surface area (Å²) in [4.78, 5) is 0. The minimum Gasteiger partial charge on any atom is -0.328 e. The Morgan fingerprint density at radius 1 is 1.29 bits per heavy atom. The SMILES string of the molecule is CCC(N)CCc1c(Cl)cccc1Cl. The number of benzene rings is 1. The topological polar surface area (TPSA) is 26.0 Å². The predicted molar refractivity (Wildman–Crippen MR) is 63.0 cm³/mol. The molecule has 0 aliphatic rings. The maximum Gasteiger partial charge on any atom is 0.0452 e. The maximum atomic E-state index is 6.03. The summed E-state index contributed by atoms with van der Waals surface area (Å²) in [6.45, 7) is 2.08. The second kappa shape index (κ2) is 5.59. The molecular weight excluding hydrogens is 217 g/mol. The van der Waals surface area contributed by atoms with Crippen molar-refractivity contribution in [3.63, 3.8) is 0 Å². The van der Waals surface area contributed by atoms with Gasteiger partial charge in [-0.1, -0.05) is 36.2 Å². The highest BCUT2D eigenvalue weighted by Gasteiger charge is 2.07. The molecule has 3 heteroatoms. The number of hydrogen-bond donors (Lipinski definition) is 1. The molecule has 0 heterocycles. The van der Waals surface area contributed by atoms with E-state index in [2.05, 4.69) is 6.92 Å². The molecule has 0 saturated heterocycles. The maximum absolute atomic E-state index is 6.03. The van der Waals surface area contributed by atoms with Gasteiger partial charge in [-0.05, 0) is 37.0 Å². The Balaban J connectivity index is 2.66. The van der Waals surface area contributed by atoms with Crippen molar-refractivity contribution in [2.45, 2.75) is 32.2 Å². The molecule has 0 amide bonds. The molecule has 0 fully saturated rings. The van der Waals surface area contributed by atoms with Crippen LogP contribution >= 0.6 is 23.2 Å². The summed E-state index contributed by atoms with van der Waals surface area (Å²) in [7, 11) is 0. The van der Waals surface area contributed by atoms with E-state index in [0.717, 1.165) is 34.9 Å². The zero-order valence-electron chi connectivity index (χ0n) is 8.26. The van der Waals surface area contributed by atoms with Gasteiger partial charge in [0.25, 0.3) is 0 Å². The third kappa shape index (κ3) is 3.16. The molecule has 0 bridgehead atoms. The first-order valence-electron chi connectivity index (χ1n) is 4.83. The lowest BCUT2D eigenvalue weighted by Crippen LogP contribution is -2.19. The van der Waals surface area contributed by atoms with Gasteiger partial charge in [0.15, 0.2) is 0 Å². The van der Waals surface area contributed by atoms with Crippen LogP contribution in [0.3, 0.4) is 0 Å². The molecule has 1 aromatic rings. The van der Waals surface area contributed by atoms with Crippen molar-refractivity contribution < 1.29 is 0 Å². The normalized spacial score (nSPS) is 12.9. The van der Waals surface area contributed by atoms with Crippen molar-refractivity contribution in [2.24, 2.45) is 5.73 Å². The molecule has 1 rings (SSSR count). The molecule has 78 valence electrons. The fourth-order valence-corrected chi connectivity index (χ4v) is 1.89. The summed E-state index contributed by atoms with van der Waals surface area (Å²) in [5.74, 6) is 0. The minimum atomic E-state index is 0.238. The molecule has 0 radical (unpaired) electrons. The van der Waals surface area contributed by atoms with Crippen LogP contribution in [0.15, 0.2) is 18.2 Å². The fourth-order valence-electron chi connectivity index (χ4n) is 1.31. The van der Waals surface area contributed by atoms with Gasteiger partial charge in [-0.2, -0.15) is 0 Å². The molecule has 1 unspecified atom stereocenters. The van der Waals surface area contributed by atoms with Crippen LogP contribution in [-0.4, -0.2) is 6.04 Å². The largest absolute Gasteiger partial charge is 0.328 e. The van der Waals surface area contributed by atoms with Gasteiger partial charge in [0, 0.05) is 16.1 Å². The highest BCUT2D eigenvalue weighted by Crippen LogP contribution is 2.25. The van der Waals surface area contributed by atoms with Gasteiger partial charge in [-0.15, -0.1) is 0 Å². The summed E-state index contributed by atoms with van der Waals surface area (Å²) >= 11 is 12.1. The number of hydrogen-bond acceptors (Lipinski definition) is 1. The molecule has 0 aliphatic carbocycles. The van der Waals surface area contributed by atoms with Gasteiger partial charge in [0.1, 0.15) is 0 Å². The number of nitrogens with two attached hydrogens (primary N) is 1. The Kier molecular flexibility index (Phi) is 4.73. The van der Waals surface area contributed by atoms with E-state index in [0.29, 0.717) is 0 Å². The smallest absolute Gasteiger partial charge is 0.0452 e. The fraction of sp³-hybridized carbons (Fsp3) is 0.455. The van der Waals surface area contributed by atoms with Crippen LogP contribution in [0.4, 0.5) is 0 Å². The van der Waals surface area contributed by atoms with E-state index < -0.39 is 0 Å². The Bertz CT molecular complexity index is 279. The van der Waals surface area contributed by atoms with E-state index in [1.807, 2.05) is 18.2 Å². The average molecular weight is 232 g/mol. The Morgan fingerprint density at radius 3 is 2.36 bits per heavy atom. The van der Waals surface area contributed by atoms with Crippen LogP contribution in [0.5, 0.6) is 0 Å². The molecule has 0 saturated carbocycles. The van der Waals surface area contributed by atoms with E-state index in [1.54, 1.807) is 0 Å². The Labute approximate surface area is 95.2 Å². The molecule has 2 N–H and O–H groups in total. The summed E-state index contributed by atoms with van der Waals surface area (Å²) in [6, 6.07) is 5.82. The van der Waals surface area contributed by atoms with Crippen LogP contribution in [0.25, 0.3) is 0 Å². The molecule has 14 heavy (non-hydrogen) atoms. The van der Waals surface area contributed by atoms with Gasteiger partial charge in [-0.25, -0.2) is 0 Å². The van der Waals surface area contributed by atoms with Gasteiger partial charge < -0.3 is 5.73 Å². The lowest BCUT2D eigenvalue weighted by atomic mass is 10.0. The first-order chi connectivity index (χ1) is 6.65.